The normalized spacial score (nSPS) is 14.1. The van der Waals surface area contributed by atoms with E-state index in [-0.39, 0.29) is 5.91 Å². The van der Waals surface area contributed by atoms with E-state index in [9.17, 15) is 4.79 Å². The molecule has 1 aromatic carbocycles. The van der Waals surface area contributed by atoms with Crippen molar-refractivity contribution in [2.24, 2.45) is 0 Å². The quantitative estimate of drug-likeness (QED) is 0.805. The SMILES string of the molecule is CCN(C(=O)C(C)=C1CNC1)c1ccccc1. The zero-order valence-electron chi connectivity index (χ0n) is 10.4. The van der Waals surface area contributed by atoms with Gasteiger partial charge in [-0.05, 0) is 31.6 Å². The number of hydrogen-bond donors (Lipinski definition) is 1. The number of amides is 1. The van der Waals surface area contributed by atoms with Crippen molar-refractivity contribution in [3.63, 3.8) is 0 Å². The molecule has 0 spiro atoms. The van der Waals surface area contributed by atoms with Gasteiger partial charge in [-0.3, -0.25) is 4.79 Å². The van der Waals surface area contributed by atoms with Gasteiger partial charge in [-0.1, -0.05) is 18.2 Å². The first-order valence-corrected chi connectivity index (χ1v) is 6.00. The second kappa shape index (κ2) is 5.15. The van der Waals surface area contributed by atoms with Crippen molar-refractivity contribution in [1.29, 1.82) is 0 Å². The predicted octanol–water partition coefficient (Wildman–Crippen LogP) is 1.96. The van der Waals surface area contributed by atoms with Crippen molar-refractivity contribution in [1.82, 2.24) is 5.32 Å². The van der Waals surface area contributed by atoms with Crippen LogP contribution in [0.4, 0.5) is 5.69 Å². The molecule has 1 fully saturated rings. The fourth-order valence-electron chi connectivity index (χ4n) is 1.92. The third-order valence-electron chi connectivity index (χ3n) is 3.16. The molecular formula is C14H18N2O. The summed E-state index contributed by atoms with van der Waals surface area (Å²) in [5.74, 6) is 0.121. The van der Waals surface area contributed by atoms with Crippen molar-refractivity contribution < 1.29 is 4.79 Å². The van der Waals surface area contributed by atoms with Crippen LogP contribution in [0.5, 0.6) is 0 Å². The van der Waals surface area contributed by atoms with Gasteiger partial charge in [-0.2, -0.15) is 0 Å². The summed E-state index contributed by atoms with van der Waals surface area (Å²) in [7, 11) is 0. The Balaban J connectivity index is 2.22. The molecule has 0 radical (unpaired) electrons. The van der Waals surface area contributed by atoms with Gasteiger partial charge in [-0.25, -0.2) is 0 Å². The molecule has 90 valence electrons. The lowest BCUT2D eigenvalue weighted by Crippen LogP contribution is -2.39. The topological polar surface area (TPSA) is 32.3 Å². The highest BCUT2D eigenvalue weighted by Crippen LogP contribution is 2.18. The van der Waals surface area contributed by atoms with E-state index in [0.717, 1.165) is 24.4 Å². The van der Waals surface area contributed by atoms with Crippen molar-refractivity contribution in [3.05, 3.63) is 41.5 Å². The lowest BCUT2D eigenvalue weighted by Gasteiger charge is -2.26. The maximum absolute atomic E-state index is 12.3. The molecule has 1 aliphatic heterocycles. The van der Waals surface area contributed by atoms with Gasteiger partial charge in [0.15, 0.2) is 0 Å². The fraction of sp³-hybridized carbons (Fsp3) is 0.357. The van der Waals surface area contributed by atoms with Crippen molar-refractivity contribution in [2.75, 3.05) is 24.5 Å². The Labute approximate surface area is 102 Å². The Morgan fingerprint density at radius 1 is 1.29 bits per heavy atom. The maximum atomic E-state index is 12.3. The van der Waals surface area contributed by atoms with Crippen molar-refractivity contribution in [2.45, 2.75) is 13.8 Å². The number of likely N-dealkylation sites (N-methyl/N-ethyl adjacent to an activating group) is 1. The van der Waals surface area contributed by atoms with Gasteiger partial charge >= 0.3 is 0 Å². The largest absolute Gasteiger partial charge is 0.309 e. The van der Waals surface area contributed by atoms with Gasteiger partial charge in [0.1, 0.15) is 0 Å². The van der Waals surface area contributed by atoms with E-state index in [1.807, 2.05) is 49.1 Å². The highest BCUT2D eigenvalue weighted by atomic mass is 16.2. The summed E-state index contributed by atoms with van der Waals surface area (Å²) in [5.41, 5.74) is 3.08. The average Bonchev–Trinajstić information content (AvgIpc) is 2.29. The molecule has 0 unspecified atom stereocenters. The Hall–Kier alpha value is -1.61. The van der Waals surface area contributed by atoms with Crippen LogP contribution in [0.15, 0.2) is 41.5 Å². The number of anilines is 1. The minimum Gasteiger partial charge on any atom is -0.309 e. The second-order valence-corrected chi connectivity index (χ2v) is 4.22. The smallest absolute Gasteiger partial charge is 0.253 e. The monoisotopic (exact) mass is 230 g/mol. The lowest BCUT2D eigenvalue weighted by atomic mass is 10.0. The van der Waals surface area contributed by atoms with Crippen LogP contribution in [-0.4, -0.2) is 25.5 Å². The minimum absolute atomic E-state index is 0.121. The van der Waals surface area contributed by atoms with Crippen LogP contribution in [0.3, 0.4) is 0 Å². The van der Waals surface area contributed by atoms with Crippen LogP contribution < -0.4 is 10.2 Å². The zero-order chi connectivity index (χ0) is 12.3. The second-order valence-electron chi connectivity index (χ2n) is 4.22. The van der Waals surface area contributed by atoms with E-state index >= 15 is 0 Å². The summed E-state index contributed by atoms with van der Waals surface area (Å²) in [6, 6.07) is 9.82. The summed E-state index contributed by atoms with van der Waals surface area (Å²) in [5, 5.41) is 3.17. The first kappa shape index (κ1) is 11.9. The highest BCUT2D eigenvalue weighted by molar-refractivity contribution is 6.05. The van der Waals surface area contributed by atoms with Gasteiger partial charge in [0.2, 0.25) is 0 Å². The molecule has 17 heavy (non-hydrogen) atoms. The first-order chi connectivity index (χ1) is 8.24. The molecule has 0 aromatic heterocycles. The summed E-state index contributed by atoms with van der Waals surface area (Å²) in [6.45, 7) is 6.32. The van der Waals surface area contributed by atoms with Crippen LogP contribution >= 0.6 is 0 Å². The molecule has 0 atom stereocenters. The molecule has 1 amide bonds. The Morgan fingerprint density at radius 3 is 2.41 bits per heavy atom. The third kappa shape index (κ3) is 2.39. The van der Waals surface area contributed by atoms with Crippen LogP contribution in [0, 0.1) is 0 Å². The molecule has 3 nitrogen and oxygen atoms in total. The van der Waals surface area contributed by atoms with E-state index in [4.69, 9.17) is 0 Å². The standard InChI is InChI=1S/C14H18N2O/c1-3-16(13-7-5-4-6-8-13)14(17)11(2)12-9-15-10-12/h4-8,15H,3,9-10H2,1-2H3. The first-order valence-electron chi connectivity index (χ1n) is 6.00. The van der Waals surface area contributed by atoms with E-state index in [1.54, 1.807) is 0 Å². The number of rotatable bonds is 3. The number of hydrogen-bond acceptors (Lipinski definition) is 2. The van der Waals surface area contributed by atoms with Gasteiger partial charge < -0.3 is 10.2 Å². The maximum Gasteiger partial charge on any atom is 0.253 e. The van der Waals surface area contributed by atoms with E-state index in [2.05, 4.69) is 5.32 Å². The third-order valence-corrected chi connectivity index (χ3v) is 3.16. The molecule has 3 heteroatoms. The summed E-state index contributed by atoms with van der Waals surface area (Å²) in [4.78, 5) is 14.2. The predicted molar refractivity (Wildman–Crippen MR) is 70.0 cm³/mol. The Morgan fingerprint density at radius 2 is 1.94 bits per heavy atom. The number of benzene rings is 1. The molecule has 0 bridgehead atoms. The summed E-state index contributed by atoms with van der Waals surface area (Å²) >= 11 is 0. The van der Waals surface area contributed by atoms with Crippen LogP contribution in [0.2, 0.25) is 0 Å². The Bertz CT molecular complexity index is 431. The van der Waals surface area contributed by atoms with E-state index in [1.165, 1.54) is 5.57 Å². The molecular weight excluding hydrogens is 212 g/mol. The zero-order valence-corrected chi connectivity index (χ0v) is 10.4. The molecule has 1 saturated heterocycles. The molecule has 1 aliphatic rings. The van der Waals surface area contributed by atoms with Gasteiger partial charge in [0.25, 0.3) is 5.91 Å². The lowest BCUT2D eigenvalue weighted by molar-refractivity contribution is -0.115. The molecule has 2 rings (SSSR count). The van der Waals surface area contributed by atoms with E-state index in [0.29, 0.717) is 6.54 Å². The van der Waals surface area contributed by atoms with Gasteiger partial charge in [0.05, 0.1) is 0 Å². The average molecular weight is 230 g/mol. The summed E-state index contributed by atoms with van der Waals surface area (Å²) in [6.07, 6.45) is 0. The van der Waals surface area contributed by atoms with Crippen LogP contribution in [0.25, 0.3) is 0 Å². The van der Waals surface area contributed by atoms with E-state index < -0.39 is 0 Å². The number of para-hydroxylation sites is 1. The molecule has 0 saturated carbocycles. The van der Waals surface area contributed by atoms with Gasteiger partial charge in [-0.15, -0.1) is 0 Å². The van der Waals surface area contributed by atoms with Crippen molar-refractivity contribution >= 4 is 11.6 Å². The number of nitrogens with one attached hydrogen (secondary N) is 1. The Kier molecular flexibility index (Phi) is 3.59. The fourth-order valence-corrected chi connectivity index (χ4v) is 1.92. The van der Waals surface area contributed by atoms with Crippen LogP contribution in [-0.2, 0) is 4.79 Å². The molecule has 1 aromatic rings. The summed E-state index contributed by atoms with van der Waals surface area (Å²) < 4.78 is 0. The molecule has 0 aliphatic carbocycles. The number of carbonyl (C=O) groups excluding carboxylic acids is 1. The number of carbonyl (C=O) groups is 1. The number of nitrogens with zero attached hydrogens (tertiary/aromatic N) is 1. The molecule has 1 heterocycles. The minimum atomic E-state index is 0.121. The van der Waals surface area contributed by atoms with Gasteiger partial charge in [0, 0.05) is 30.9 Å². The molecule has 1 N–H and O–H groups in total. The highest BCUT2D eigenvalue weighted by Gasteiger charge is 2.20. The van der Waals surface area contributed by atoms with Crippen LogP contribution in [0.1, 0.15) is 13.8 Å². The van der Waals surface area contributed by atoms with Crippen molar-refractivity contribution in [3.8, 4) is 0 Å².